The quantitative estimate of drug-likeness (QED) is 0.624. The maximum absolute atomic E-state index is 12.2. The number of hydrogen-bond acceptors (Lipinski definition) is 4. The number of amides is 3. The number of hydrogen-bond donors (Lipinski definition) is 3. The summed E-state index contributed by atoms with van der Waals surface area (Å²) in [5, 5.41) is 8.15. The Morgan fingerprint density at radius 1 is 1.00 bits per heavy atom. The lowest BCUT2D eigenvalue weighted by Crippen LogP contribution is -2.31. The predicted octanol–water partition coefficient (Wildman–Crippen LogP) is 4.19. The monoisotopic (exact) mass is 396 g/mol. The van der Waals surface area contributed by atoms with Crippen LogP contribution in [0.5, 0.6) is 5.75 Å². The number of nitrogens with one attached hydrogen (secondary N) is 3. The van der Waals surface area contributed by atoms with Crippen LogP contribution in [0.2, 0.25) is 0 Å². The van der Waals surface area contributed by atoms with E-state index in [0.717, 1.165) is 0 Å². The first-order valence-corrected chi connectivity index (χ1v) is 10.2. The van der Waals surface area contributed by atoms with E-state index in [0.29, 0.717) is 29.8 Å². The number of urea groups is 1. The molecule has 0 spiro atoms. The fourth-order valence-electron chi connectivity index (χ4n) is 3.34. The van der Waals surface area contributed by atoms with Crippen LogP contribution < -0.4 is 20.7 Å². The Morgan fingerprint density at radius 3 is 2.59 bits per heavy atom. The van der Waals surface area contributed by atoms with Crippen LogP contribution in [0.4, 0.5) is 16.3 Å². The third-order valence-electron chi connectivity index (χ3n) is 4.90. The molecular formula is C22H28N4O3. The number of nitrogens with zero attached hydrogens (tertiary/aromatic N) is 1. The number of anilines is 2. The normalized spacial score (nSPS) is 14.1. The molecule has 0 saturated heterocycles. The lowest BCUT2D eigenvalue weighted by molar-refractivity contribution is -0.116. The zero-order chi connectivity index (χ0) is 20.3. The Balaban J connectivity index is 1.41. The van der Waals surface area contributed by atoms with Crippen molar-refractivity contribution in [3.05, 3.63) is 48.7 Å². The predicted molar refractivity (Wildman–Crippen MR) is 113 cm³/mol. The number of pyridine rings is 1. The van der Waals surface area contributed by atoms with Crippen LogP contribution >= 0.6 is 0 Å². The Bertz CT molecular complexity index is 792. The second-order valence-electron chi connectivity index (χ2n) is 7.21. The van der Waals surface area contributed by atoms with Crippen LogP contribution in [0.15, 0.2) is 48.7 Å². The summed E-state index contributed by atoms with van der Waals surface area (Å²) in [7, 11) is 0. The highest BCUT2D eigenvalue weighted by atomic mass is 16.5. The molecule has 7 nitrogen and oxygen atoms in total. The van der Waals surface area contributed by atoms with Gasteiger partial charge in [0.1, 0.15) is 0 Å². The van der Waals surface area contributed by atoms with Crippen LogP contribution in [-0.4, -0.2) is 30.1 Å². The summed E-state index contributed by atoms with van der Waals surface area (Å²) in [6, 6.07) is 12.4. The molecule has 3 amide bonds. The van der Waals surface area contributed by atoms with E-state index >= 15 is 0 Å². The number of para-hydroxylation sites is 1. The minimum atomic E-state index is -0.349. The Morgan fingerprint density at radius 2 is 1.79 bits per heavy atom. The second-order valence-corrected chi connectivity index (χ2v) is 7.21. The minimum absolute atomic E-state index is 0.140. The first-order valence-electron chi connectivity index (χ1n) is 10.2. The van der Waals surface area contributed by atoms with Crippen LogP contribution in [0.1, 0.15) is 38.5 Å². The van der Waals surface area contributed by atoms with Gasteiger partial charge in [-0.15, -0.1) is 0 Å². The van der Waals surface area contributed by atoms with E-state index in [-0.39, 0.29) is 24.9 Å². The Hall–Kier alpha value is -3.09. The minimum Gasteiger partial charge on any atom is -0.489 e. The van der Waals surface area contributed by atoms with E-state index in [4.69, 9.17) is 4.74 Å². The molecule has 1 aliphatic rings. The van der Waals surface area contributed by atoms with Gasteiger partial charge in [0, 0.05) is 24.8 Å². The molecule has 0 aliphatic heterocycles. The first kappa shape index (κ1) is 20.6. The molecule has 1 fully saturated rings. The summed E-state index contributed by atoms with van der Waals surface area (Å²) in [6.45, 7) is 0.866. The molecule has 2 aromatic rings. The average molecular weight is 396 g/mol. The number of rotatable bonds is 8. The van der Waals surface area contributed by atoms with E-state index in [9.17, 15) is 9.59 Å². The van der Waals surface area contributed by atoms with Crippen molar-refractivity contribution in [2.45, 2.75) is 38.5 Å². The van der Waals surface area contributed by atoms with Gasteiger partial charge in [0.15, 0.2) is 11.6 Å². The lowest BCUT2D eigenvalue weighted by atomic mass is 9.90. The first-order chi connectivity index (χ1) is 14.2. The van der Waals surface area contributed by atoms with Crippen LogP contribution in [0.25, 0.3) is 0 Å². The van der Waals surface area contributed by atoms with Crippen LogP contribution in [0.3, 0.4) is 0 Å². The molecule has 3 rings (SSSR count). The SMILES string of the molecule is O=C(CCNC(=O)Nc1ccccc1)Nc1ncccc1OCC1CCCCC1. The summed E-state index contributed by atoms with van der Waals surface area (Å²) >= 11 is 0. The van der Waals surface area contributed by atoms with Crippen LogP contribution in [0, 0.1) is 5.92 Å². The van der Waals surface area contributed by atoms with Gasteiger partial charge < -0.3 is 20.7 Å². The molecule has 1 aromatic carbocycles. The summed E-state index contributed by atoms with van der Waals surface area (Å²) in [5.74, 6) is 1.34. The highest BCUT2D eigenvalue weighted by Gasteiger charge is 2.16. The number of ether oxygens (including phenoxy) is 1. The largest absolute Gasteiger partial charge is 0.489 e. The summed E-state index contributed by atoms with van der Waals surface area (Å²) in [5.41, 5.74) is 0.697. The third-order valence-corrected chi connectivity index (χ3v) is 4.90. The molecular weight excluding hydrogens is 368 g/mol. The highest BCUT2D eigenvalue weighted by molar-refractivity contribution is 5.92. The molecule has 3 N–H and O–H groups in total. The van der Waals surface area contributed by atoms with E-state index in [1.165, 1.54) is 32.1 Å². The molecule has 1 heterocycles. The maximum Gasteiger partial charge on any atom is 0.319 e. The summed E-state index contributed by atoms with van der Waals surface area (Å²) in [6.07, 6.45) is 7.97. The van der Waals surface area contributed by atoms with Crippen molar-refractivity contribution in [1.29, 1.82) is 0 Å². The fourth-order valence-corrected chi connectivity index (χ4v) is 3.34. The Labute approximate surface area is 171 Å². The van der Waals surface area contributed by atoms with Crippen molar-refractivity contribution in [2.75, 3.05) is 23.8 Å². The second kappa shape index (κ2) is 11.0. The fraction of sp³-hybridized carbons (Fsp3) is 0.409. The van der Waals surface area contributed by atoms with E-state index in [2.05, 4.69) is 20.9 Å². The zero-order valence-corrected chi connectivity index (χ0v) is 16.5. The van der Waals surface area contributed by atoms with Gasteiger partial charge >= 0.3 is 6.03 Å². The van der Waals surface area contributed by atoms with Crippen molar-refractivity contribution in [1.82, 2.24) is 10.3 Å². The standard InChI is InChI=1S/C22H28N4O3/c27-20(13-15-24-22(28)25-18-10-5-2-6-11-18)26-21-19(12-7-14-23-21)29-16-17-8-3-1-4-9-17/h2,5-7,10-12,14,17H,1,3-4,8-9,13,15-16H2,(H,23,26,27)(H2,24,25,28). The van der Waals surface area contributed by atoms with Gasteiger partial charge in [0.25, 0.3) is 0 Å². The van der Waals surface area contributed by atoms with Gasteiger partial charge in [-0.2, -0.15) is 0 Å². The van der Waals surface area contributed by atoms with Gasteiger partial charge in [-0.05, 0) is 43.0 Å². The van der Waals surface area contributed by atoms with Crippen molar-refractivity contribution in [3.8, 4) is 5.75 Å². The highest BCUT2D eigenvalue weighted by Crippen LogP contribution is 2.27. The number of carbonyl (C=O) groups excluding carboxylic acids is 2. The topological polar surface area (TPSA) is 92.4 Å². The van der Waals surface area contributed by atoms with Gasteiger partial charge in [-0.25, -0.2) is 9.78 Å². The number of aromatic nitrogens is 1. The van der Waals surface area contributed by atoms with Crippen molar-refractivity contribution in [3.63, 3.8) is 0 Å². The van der Waals surface area contributed by atoms with E-state index < -0.39 is 0 Å². The van der Waals surface area contributed by atoms with E-state index in [1.807, 2.05) is 24.3 Å². The molecule has 0 unspecified atom stereocenters. The average Bonchev–Trinajstić information content (AvgIpc) is 2.74. The van der Waals surface area contributed by atoms with Gasteiger partial charge in [-0.1, -0.05) is 37.5 Å². The Kier molecular flexibility index (Phi) is 7.86. The summed E-state index contributed by atoms with van der Waals surface area (Å²) < 4.78 is 5.93. The smallest absolute Gasteiger partial charge is 0.319 e. The molecule has 7 heteroatoms. The number of benzene rings is 1. The molecule has 29 heavy (non-hydrogen) atoms. The van der Waals surface area contributed by atoms with Crippen molar-refractivity contribution < 1.29 is 14.3 Å². The van der Waals surface area contributed by atoms with E-state index in [1.54, 1.807) is 24.4 Å². The molecule has 0 bridgehead atoms. The van der Waals surface area contributed by atoms with Gasteiger partial charge in [0.05, 0.1) is 6.61 Å². The molecule has 0 radical (unpaired) electrons. The molecule has 0 atom stereocenters. The summed E-state index contributed by atoms with van der Waals surface area (Å²) in [4.78, 5) is 28.3. The van der Waals surface area contributed by atoms with Crippen molar-refractivity contribution in [2.24, 2.45) is 5.92 Å². The lowest BCUT2D eigenvalue weighted by Gasteiger charge is -2.22. The molecule has 154 valence electrons. The van der Waals surface area contributed by atoms with Crippen LogP contribution in [-0.2, 0) is 4.79 Å². The van der Waals surface area contributed by atoms with Gasteiger partial charge in [0.2, 0.25) is 5.91 Å². The molecule has 1 aromatic heterocycles. The maximum atomic E-state index is 12.2. The molecule has 1 aliphatic carbocycles. The van der Waals surface area contributed by atoms with Gasteiger partial charge in [-0.3, -0.25) is 4.79 Å². The van der Waals surface area contributed by atoms with Crippen molar-refractivity contribution >= 4 is 23.4 Å². The molecule has 1 saturated carbocycles. The third kappa shape index (κ3) is 7.10. The zero-order valence-electron chi connectivity index (χ0n) is 16.5. The number of carbonyl (C=O) groups is 2.